The van der Waals surface area contributed by atoms with Gasteiger partial charge in [0.25, 0.3) is 5.91 Å². The van der Waals surface area contributed by atoms with Crippen LogP contribution in [-0.4, -0.2) is 45.8 Å². The van der Waals surface area contributed by atoms with Crippen LogP contribution in [0.25, 0.3) is 0 Å². The van der Waals surface area contributed by atoms with Crippen molar-refractivity contribution < 1.29 is 23.5 Å². The zero-order valence-electron chi connectivity index (χ0n) is 16.4. The van der Waals surface area contributed by atoms with E-state index in [1.807, 2.05) is 19.1 Å². The molecule has 0 aliphatic carbocycles. The van der Waals surface area contributed by atoms with Crippen LogP contribution in [0.1, 0.15) is 18.9 Å². The molecule has 148 valence electrons. The molecule has 0 aromatic heterocycles. The van der Waals surface area contributed by atoms with E-state index >= 15 is 4.11 Å². The van der Waals surface area contributed by atoms with E-state index in [9.17, 15) is 9.90 Å². The molecule has 2 aliphatic heterocycles. The molecule has 0 saturated carbocycles. The summed E-state index contributed by atoms with van der Waals surface area (Å²) in [4.78, 5) is 15.2. The van der Waals surface area contributed by atoms with Crippen molar-refractivity contribution in [3.05, 3.63) is 36.4 Å². The Labute approximate surface area is 161 Å². The van der Waals surface area contributed by atoms with Crippen LogP contribution in [0.4, 0.5) is 9.80 Å². The summed E-state index contributed by atoms with van der Waals surface area (Å²) < 4.78 is 27.0. The van der Waals surface area contributed by atoms with E-state index in [0.29, 0.717) is 24.3 Å². The Balaban J connectivity index is 2.19. The fourth-order valence-corrected chi connectivity index (χ4v) is 7.40. The summed E-state index contributed by atoms with van der Waals surface area (Å²) in [7, 11) is -1.58. The first-order valence-electron chi connectivity index (χ1n) is 9.31. The molecule has 1 amide bonds. The second-order valence-corrected chi connectivity index (χ2v) is 11.7. The van der Waals surface area contributed by atoms with Crippen LogP contribution in [-0.2, 0) is 15.1 Å². The molecule has 2 heterocycles. The van der Waals surface area contributed by atoms with Crippen molar-refractivity contribution in [2.24, 2.45) is 5.92 Å². The number of fused-ring (bicyclic) bond motifs is 2. The molecular formula is C20H28FNO4Si. The van der Waals surface area contributed by atoms with Gasteiger partial charge in [-0.25, -0.2) is 0 Å². The molecule has 27 heavy (non-hydrogen) atoms. The van der Waals surface area contributed by atoms with Gasteiger partial charge in [-0.2, -0.15) is 0 Å². The number of anilines is 1. The first kappa shape index (κ1) is 20.0. The molecule has 3 rings (SSSR count). The number of ether oxygens (including phenoxy) is 2. The van der Waals surface area contributed by atoms with Gasteiger partial charge >= 0.3 is 0 Å². The third kappa shape index (κ3) is 2.92. The van der Waals surface area contributed by atoms with Crippen LogP contribution >= 0.6 is 0 Å². The largest absolute Gasteiger partial charge is 0.497 e. The number of benzene rings is 1. The fourth-order valence-electron chi connectivity index (χ4n) is 4.86. The molecule has 1 saturated heterocycles. The Hall–Kier alpha value is -1.70. The average Bonchev–Trinajstić information content (AvgIpc) is 3.03. The lowest BCUT2D eigenvalue weighted by atomic mass is 9.82. The third-order valence-electron chi connectivity index (χ3n) is 5.89. The highest BCUT2D eigenvalue weighted by atomic mass is 28.4. The molecule has 1 aromatic carbocycles. The predicted octanol–water partition coefficient (Wildman–Crippen LogP) is 3.39. The van der Waals surface area contributed by atoms with Gasteiger partial charge in [-0.05, 0) is 37.7 Å². The topological polar surface area (TPSA) is 59.0 Å². The monoisotopic (exact) mass is 393 g/mol. The van der Waals surface area contributed by atoms with Crippen molar-refractivity contribution in [1.82, 2.24) is 0 Å². The Morgan fingerprint density at radius 1 is 1.48 bits per heavy atom. The second-order valence-electron chi connectivity index (χ2n) is 7.87. The standard InChI is InChI=1S/C20H28FNO4Si/c1-6-10-22-16-8-7-14(25-3)12-15(16)20(19(22)24)13(2)18(27(4,5)21)17(26-20)9-11-23/h6-8,12-13,17-18,23H,1,9-11H2,2-5H3/t13-,17+,18-,20+/m1/s1. The summed E-state index contributed by atoms with van der Waals surface area (Å²) in [5.41, 5.74) is -0.191. The minimum absolute atomic E-state index is 0.107. The van der Waals surface area contributed by atoms with Crippen molar-refractivity contribution in [3.8, 4) is 5.75 Å². The highest BCUT2D eigenvalue weighted by Gasteiger charge is 2.66. The lowest BCUT2D eigenvalue weighted by Gasteiger charge is -2.31. The second kappa shape index (κ2) is 7.03. The summed E-state index contributed by atoms with van der Waals surface area (Å²) in [5, 5.41) is 9.49. The van der Waals surface area contributed by atoms with Gasteiger partial charge in [0.2, 0.25) is 8.41 Å². The highest BCUT2D eigenvalue weighted by molar-refractivity contribution is 6.72. The van der Waals surface area contributed by atoms with E-state index in [1.54, 1.807) is 37.2 Å². The maximum atomic E-state index is 15.3. The Bertz CT molecular complexity index is 750. The van der Waals surface area contributed by atoms with Gasteiger partial charge in [0, 0.05) is 30.2 Å². The molecule has 0 bridgehead atoms. The normalized spacial score (nSPS) is 30.1. The Morgan fingerprint density at radius 2 is 2.19 bits per heavy atom. The summed E-state index contributed by atoms with van der Waals surface area (Å²) in [6, 6.07) is 5.46. The number of halogens is 1. The lowest BCUT2D eigenvalue weighted by molar-refractivity contribution is -0.146. The van der Waals surface area contributed by atoms with E-state index in [1.165, 1.54) is 0 Å². The molecule has 7 heteroatoms. The summed E-state index contributed by atoms with van der Waals surface area (Å²) in [5.74, 6) is 0.0758. The molecule has 1 aromatic rings. The number of carbonyl (C=O) groups excluding carboxylic acids is 1. The van der Waals surface area contributed by atoms with Crippen molar-refractivity contribution in [1.29, 1.82) is 0 Å². The summed E-state index contributed by atoms with van der Waals surface area (Å²) in [6.45, 7) is 9.19. The number of rotatable bonds is 6. The van der Waals surface area contributed by atoms with E-state index in [4.69, 9.17) is 9.47 Å². The molecule has 4 atom stereocenters. The van der Waals surface area contributed by atoms with Gasteiger partial charge in [-0.1, -0.05) is 13.0 Å². The SMILES string of the molecule is C=CCN1C(=O)[C@@]2(O[C@@H](CCO)[C@H]([Si](C)(C)F)[C@H]2C)c2cc(OC)ccc21. The van der Waals surface area contributed by atoms with Crippen LogP contribution in [0.2, 0.25) is 18.6 Å². The molecule has 0 unspecified atom stereocenters. The Morgan fingerprint density at radius 3 is 2.74 bits per heavy atom. The zero-order chi connectivity index (χ0) is 20.0. The first-order valence-corrected chi connectivity index (χ1v) is 12.3. The maximum Gasteiger partial charge on any atom is 0.264 e. The van der Waals surface area contributed by atoms with Gasteiger partial charge in [0.05, 0.1) is 18.9 Å². The molecular weight excluding hydrogens is 365 g/mol. The molecule has 1 N–H and O–H groups in total. The number of hydrogen-bond donors (Lipinski definition) is 1. The van der Waals surface area contributed by atoms with E-state index in [0.717, 1.165) is 5.69 Å². The van der Waals surface area contributed by atoms with Gasteiger partial charge in [0.1, 0.15) is 5.75 Å². The highest BCUT2D eigenvalue weighted by Crippen LogP contribution is 2.60. The molecule has 0 radical (unpaired) electrons. The van der Waals surface area contributed by atoms with Crippen LogP contribution < -0.4 is 9.64 Å². The number of aliphatic hydroxyl groups is 1. The van der Waals surface area contributed by atoms with E-state index < -0.39 is 25.7 Å². The fraction of sp³-hybridized carbons (Fsp3) is 0.550. The quantitative estimate of drug-likeness (QED) is 0.457. The molecule has 1 fully saturated rings. The van der Waals surface area contributed by atoms with Crippen molar-refractivity contribution >= 4 is 20.0 Å². The number of hydrogen-bond acceptors (Lipinski definition) is 4. The molecule has 1 spiro atoms. The van der Waals surface area contributed by atoms with Gasteiger partial charge in [0.15, 0.2) is 5.60 Å². The van der Waals surface area contributed by atoms with Crippen molar-refractivity contribution in [2.45, 2.75) is 43.7 Å². The summed E-state index contributed by atoms with van der Waals surface area (Å²) in [6.07, 6.45) is 1.48. The maximum absolute atomic E-state index is 15.3. The van der Waals surface area contributed by atoms with E-state index in [2.05, 4.69) is 6.58 Å². The van der Waals surface area contributed by atoms with E-state index in [-0.39, 0.29) is 18.4 Å². The minimum Gasteiger partial charge on any atom is -0.497 e. The van der Waals surface area contributed by atoms with Gasteiger partial charge in [-0.15, -0.1) is 6.58 Å². The number of carbonyl (C=O) groups is 1. The van der Waals surface area contributed by atoms with Crippen LogP contribution in [0.5, 0.6) is 5.75 Å². The van der Waals surface area contributed by atoms with Crippen LogP contribution in [0.3, 0.4) is 0 Å². The third-order valence-corrected chi connectivity index (χ3v) is 8.35. The van der Waals surface area contributed by atoms with Gasteiger partial charge < -0.3 is 23.6 Å². The van der Waals surface area contributed by atoms with Crippen molar-refractivity contribution in [3.63, 3.8) is 0 Å². The average molecular weight is 394 g/mol. The molecule has 2 aliphatic rings. The summed E-state index contributed by atoms with van der Waals surface area (Å²) >= 11 is 0. The smallest absolute Gasteiger partial charge is 0.264 e. The number of nitrogens with zero attached hydrogens (tertiary/aromatic N) is 1. The van der Waals surface area contributed by atoms with Crippen LogP contribution in [0.15, 0.2) is 30.9 Å². The number of methoxy groups -OCH3 is 1. The first-order chi connectivity index (χ1) is 12.7. The lowest BCUT2D eigenvalue weighted by Crippen LogP contribution is -2.45. The predicted molar refractivity (Wildman–Crippen MR) is 105 cm³/mol. The molecule has 5 nitrogen and oxygen atoms in total. The number of aliphatic hydroxyl groups excluding tert-OH is 1. The Kier molecular flexibility index (Phi) is 5.22. The van der Waals surface area contributed by atoms with Gasteiger partial charge in [-0.3, -0.25) is 4.79 Å². The van der Waals surface area contributed by atoms with Crippen molar-refractivity contribution in [2.75, 3.05) is 25.2 Å². The van der Waals surface area contributed by atoms with Crippen LogP contribution in [0, 0.1) is 5.92 Å². The zero-order valence-corrected chi connectivity index (χ0v) is 17.4. The number of amides is 1. The minimum atomic E-state index is -3.15.